The minimum absolute atomic E-state index is 0.258. The van der Waals surface area contributed by atoms with Gasteiger partial charge < -0.3 is 0 Å². The third-order valence-corrected chi connectivity index (χ3v) is 4.28. The number of nitrogens with zero attached hydrogens (tertiary/aromatic N) is 4. The van der Waals surface area contributed by atoms with Gasteiger partial charge in [-0.1, -0.05) is 23.7 Å². The average Bonchev–Trinajstić information content (AvgIpc) is 3.07. The van der Waals surface area contributed by atoms with Gasteiger partial charge in [0.1, 0.15) is 12.0 Å². The first kappa shape index (κ1) is 15.6. The van der Waals surface area contributed by atoms with Gasteiger partial charge in [-0.15, -0.1) is 16.4 Å². The van der Waals surface area contributed by atoms with E-state index < -0.39 is 0 Å². The Morgan fingerprint density at radius 2 is 2.04 bits per heavy atom. The van der Waals surface area contributed by atoms with Crippen LogP contribution in [0, 0.1) is 13.8 Å². The Morgan fingerprint density at radius 3 is 2.70 bits per heavy atom. The van der Waals surface area contributed by atoms with Gasteiger partial charge in [0, 0.05) is 9.90 Å². The van der Waals surface area contributed by atoms with Crippen molar-refractivity contribution >= 4 is 34.8 Å². The van der Waals surface area contributed by atoms with Crippen molar-refractivity contribution in [3.63, 3.8) is 0 Å². The lowest BCUT2D eigenvalue weighted by molar-refractivity contribution is 0.102. The van der Waals surface area contributed by atoms with E-state index in [0.717, 1.165) is 15.4 Å². The zero-order valence-corrected chi connectivity index (χ0v) is 14.1. The van der Waals surface area contributed by atoms with Gasteiger partial charge in [-0.3, -0.25) is 10.1 Å². The summed E-state index contributed by atoms with van der Waals surface area (Å²) in [5.41, 5.74) is 1.46. The molecule has 0 atom stereocenters. The van der Waals surface area contributed by atoms with Crippen molar-refractivity contribution in [1.82, 2.24) is 19.7 Å². The Hall–Kier alpha value is -2.25. The van der Waals surface area contributed by atoms with Crippen LogP contribution in [0.25, 0.3) is 0 Å². The molecule has 3 rings (SSSR count). The maximum atomic E-state index is 12.2. The van der Waals surface area contributed by atoms with Gasteiger partial charge in [0.15, 0.2) is 0 Å². The molecule has 0 saturated carbocycles. The van der Waals surface area contributed by atoms with E-state index in [1.165, 1.54) is 11.3 Å². The third kappa shape index (κ3) is 3.75. The Labute approximate surface area is 142 Å². The number of hydrogen-bond acceptors (Lipinski definition) is 5. The molecule has 0 aliphatic heterocycles. The molecular weight excluding hydrogens is 334 g/mol. The van der Waals surface area contributed by atoms with Crippen LogP contribution in [0.3, 0.4) is 0 Å². The summed E-state index contributed by atoms with van der Waals surface area (Å²) in [7, 11) is 0. The summed E-state index contributed by atoms with van der Waals surface area (Å²) in [6.07, 6.45) is 1.57. The average molecular weight is 348 g/mol. The van der Waals surface area contributed by atoms with Crippen molar-refractivity contribution in [3.8, 4) is 0 Å². The molecule has 0 unspecified atom stereocenters. The topological polar surface area (TPSA) is 72.7 Å². The highest BCUT2D eigenvalue weighted by Gasteiger charge is 2.15. The highest BCUT2D eigenvalue weighted by molar-refractivity contribution is 7.11. The highest BCUT2D eigenvalue weighted by Crippen LogP contribution is 2.17. The molecule has 0 aliphatic rings. The molecular formula is C15H14ClN5OS. The molecule has 3 aromatic rings. The number of amides is 1. The zero-order valence-electron chi connectivity index (χ0n) is 12.6. The molecule has 118 valence electrons. The second-order valence-corrected chi connectivity index (χ2v) is 6.83. The van der Waals surface area contributed by atoms with E-state index in [1.807, 2.05) is 38.1 Å². The van der Waals surface area contributed by atoms with Crippen LogP contribution in [0.4, 0.5) is 5.95 Å². The molecule has 23 heavy (non-hydrogen) atoms. The number of aryl methyl sites for hydroxylation is 2. The van der Waals surface area contributed by atoms with Crippen molar-refractivity contribution in [3.05, 3.63) is 56.8 Å². The number of anilines is 1. The lowest BCUT2D eigenvalue weighted by Crippen LogP contribution is -2.15. The van der Waals surface area contributed by atoms with Gasteiger partial charge in [0.2, 0.25) is 5.95 Å². The lowest BCUT2D eigenvalue weighted by Gasteiger charge is -2.01. The molecule has 0 bridgehead atoms. The van der Waals surface area contributed by atoms with Crippen LogP contribution in [0.2, 0.25) is 5.02 Å². The number of carbonyl (C=O) groups excluding carboxylic acids is 1. The summed E-state index contributed by atoms with van der Waals surface area (Å²) in [6, 6.07) is 7.49. The molecule has 0 spiro atoms. The maximum Gasteiger partial charge on any atom is 0.277 e. The molecule has 0 radical (unpaired) electrons. The van der Waals surface area contributed by atoms with Crippen molar-refractivity contribution in [2.45, 2.75) is 20.4 Å². The van der Waals surface area contributed by atoms with Crippen molar-refractivity contribution in [2.24, 2.45) is 0 Å². The number of nitrogens with one attached hydrogen (secondary N) is 1. The normalized spacial score (nSPS) is 10.7. The maximum absolute atomic E-state index is 12.2. The van der Waals surface area contributed by atoms with Crippen LogP contribution in [0.5, 0.6) is 0 Å². The first-order valence-electron chi connectivity index (χ1n) is 6.90. The Bertz CT molecular complexity index is 840. The first-order chi connectivity index (χ1) is 11.0. The Morgan fingerprint density at radius 1 is 1.30 bits per heavy atom. The Kier molecular flexibility index (Phi) is 4.40. The molecule has 2 heterocycles. The fraction of sp³-hybridized carbons (Fsp3) is 0.200. The molecule has 2 aromatic heterocycles. The van der Waals surface area contributed by atoms with E-state index in [-0.39, 0.29) is 11.9 Å². The van der Waals surface area contributed by atoms with Gasteiger partial charge in [-0.25, -0.2) is 14.6 Å². The fourth-order valence-electron chi connectivity index (χ4n) is 2.11. The quantitative estimate of drug-likeness (QED) is 0.785. The van der Waals surface area contributed by atoms with E-state index in [4.69, 9.17) is 11.6 Å². The van der Waals surface area contributed by atoms with E-state index in [0.29, 0.717) is 17.3 Å². The van der Waals surface area contributed by atoms with Crippen molar-refractivity contribution in [2.75, 3.05) is 5.32 Å². The third-order valence-electron chi connectivity index (χ3n) is 3.14. The van der Waals surface area contributed by atoms with E-state index in [2.05, 4.69) is 20.4 Å². The number of hydrogen-bond donors (Lipinski definition) is 1. The molecule has 1 amide bonds. The van der Waals surface area contributed by atoms with Crippen LogP contribution in [-0.2, 0) is 6.54 Å². The molecule has 1 aromatic carbocycles. The van der Waals surface area contributed by atoms with Crippen LogP contribution in [0.15, 0.2) is 30.6 Å². The predicted molar refractivity (Wildman–Crippen MR) is 90.1 cm³/mol. The summed E-state index contributed by atoms with van der Waals surface area (Å²) in [5.74, 6) is -0.0369. The first-order valence-corrected chi connectivity index (χ1v) is 8.10. The molecule has 8 heteroatoms. The number of aromatic nitrogens is 4. The summed E-state index contributed by atoms with van der Waals surface area (Å²) < 4.78 is 1.65. The van der Waals surface area contributed by atoms with Crippen LogP contribution < -0.4 is 5.32 Å². The zero-order chi connectivity index (χ0) is 16.4. The second-order valence-electron chi connectivity index (χ2n) is 4.98. The van der Waals surface area contributed by atoms with Gasteiger partial charge in [-0.05, 0) is 31.5 Å². The SMILES string of the molecule is Cc1nc(C(=O)Nc2ncn(Cc3ccc(Cl)cc3)n2)c(C)s1. The lowest BCUT2D eigenvalue weighted by atomic mass is 10.2. The minimum Gasteiger partial charge on any atom is -0.288 e. The van der Waals surface area contributed by atoms with Crippen LogP contribution >= 0.6 is 22.9 Å². The number of thiazole rings is 1. The van der Waals surface area contributed by atoms with E-state index >= 15 is 0 Å². The van der Waals surface area contributed by atoms with Gasteiger partial charge in [-0.2, -0.15) is 0 Å². The number of carbonyl (C=O) groups is 1. The highest BCUT2D eigenvalue weighted by atomic mass is 35.5. The second kappa shape index (κ2) is 6.47. The smallest absolute Gasteiger partial charge is 0.277 e. The summed E-state index contributed by atoms with van der Waals surface area (Å²) in [6.45, 7) is 4.29. The number of benzene rings is 1. The van der Waals surface area contributed by atoms with Gasteiger partial charge >= 0.3 is 0 Å². The standard InChI is InChI=1S/C15H14ClN5OS/c1-9-13(18-10(2)23-9)14(22)19-15-17-8-21(20-15)7-11-3-5-12(16)6-4-11/h3-6,8H,7H2,1-2H3,(H,19,20,22). The minimum atomic E-state index is -0.295. The molecule has 1 N–H and O–H groups in total. The van der Waals surface area contributed by atoms with Crippen LogP contribution in [-0.4, -0.2) is 25.7 Å². The monoisotopic (exact) mass is 347 g/mol. The molecule has 0 saturated heterocycles. The molecule has 0 aliphatic carbocycles. The summed E-state index contributed by atoms with van der Waals surface area (Å²) in [5, 5.41) is 8.46. The Balaban J connectivity index is 1.68. The van der Waals surface area contributed by atoms with Crippen molar-refractivity contribution < 1.29 is 4.79 Å². The number of rotatable bonds is 4. The van der Waals surface area contributed by atoms with Crippen molar-refractivity contribution in [1.29, 1.82) is 0 Å². The number of halogens is 1. The molecule has 6 nitrogen and oxygen atoms in total. The fourth-order valence-corrected chi connectivity index (χ4v) is 3.05. The largest absolute Gasteiger partial charge is 0.288 e. The van der Waals surface area contributed by atoms with Gasteiger partial charge in [0.25, 0.3) is 5.91 Å². The van der Waals surface area contributed by atoms with Gasteiger partial charge in [0.05, 0.1) is 11.6 Å². The van der Waals surface area contributed by atoms with E-state index in [9.17, 15) is 4.79 Å². The summed E-state index contributed by atoms with van der Waals surface area (Å²) >= 11 is 7.35. The van der Waals surface area contributed by atoms with E-state index in [1.54, 1.807) is 11.0 Å². The summed E-state index contributed by atoms with van der Waals surface area (Å²) in [4.78, 5) is 21.4. The predicted octanol–water partition coefficient (Wildman–Crippen LogP) is 3.31. The van der Waals surface area contributed by atoms with Crippen LogP contribution in [0.1, 0.15) is 25.9 Å². The molecule has 0 fully saturated rings.